The van der Waals surface area contributed by atoms with Crippen molar-refractivity contribution in [2.24, 2.45) is 0 Å². The molecule has 0 aliphatic rings. The molecule has 87 valence electrons. The second-order valence-electron chi connectivity index (χ2n) is 1.32. The molecule has 0 saturated heterocycles. The van der Waals surface area contributed by atoms with Gasteiger partial charge < -0.3 is 21.9 Å². The van der Waals surface area contributed by atoms with E-state index in [-0.39, 0.29) is 32.8 Å². The van der Waals surface area contributed by atoms with Crippen LogP contribution in [-0.4, -0.2) is 43.0 Å². The average molecular weight is 394 g/mol. The van der Waals surface area contributed by atoms with E-state index in [4.69, 9.17) is 19.4 Å². The van der Waals surface area contributed by atoms with E-state index in [0.717, 1.165) is 0 Å². The molecular weight excluding hydrogens is 376 g/mol. The molecular formula is C4H17AuClO6. The second kappa shape index (κ2) is 22.6. The van der Waals surface area contributed by atoms with E-state index in [1.807, 2.05) is 0 Å². The third-order valence-electron chi connectivity index (χ3n) is 0.654. The molecule has 0 radical (unpaired) electrons. The van der Waals surface area contributed by atoms with Gasteiger partial charge in [0.15, 0.2) is 0 Å². The van der Waals surface area contributed by atoms with E-state index >= 15 is 0 Å². The maximum atomic E-state index is 8.79. The molecule has 0 heterocycles. The minimum atomic E-state index is -0.457. The first-order valence-corrected chi connectivity index (χ1v) is 6.21. The zero-order chi connectivity index (χ0) is 6.41. The van der Waals surface area contributed by atoms with Crippen LogP contribution in [0.1, 0.15) is 12.8 Å². The molecule has 1 atom stereocenters. The van der Waals surface area contributed by atoms with Gasteiger partial charge >= 0.3 is 61.8 Å². The van der Waals surface area contributed by atoms with Crippen LogP contribution >= 0.6 is 9.19 Å². The Morgan fingerprint density at radius 2 is 1.58 bits per heavy atom. The van der Waals surface area contributed by atoms with Gasteiger partial charge in [0.25, 0.3) is 0 Å². The van der Waals surface area contributed by atoms with Crippen molar-refractivity contribution in [3.05, 3.63) is 0 Å². The van der Waals surface area contributed by atoms with Crippen molar-refractivity contribution < 1.29 is 50.8 Å². The van der Waals surface area contributed by atoms with E-state index in [2.05, 4.69) is 0 Å². The van der Waals surface area contributed by atoms with E-state index in [1.54, 1.807) is 0 Å². The van der Waals surface area contributed by atoms with Crippen molar-refractivity contribution >= 4 is 9.19 Å². The summed E-state index contributed by atoms with van der Waals surface area (Å²) in [6, 6.07) is 0. The van der Waals surface area contributed by atoms with Crippen LogP contribution in [0, 0.1) is 0 Å². The number of aliphatic hydroxyl groups is 2. The van der Waals surface area contributed by atoms with Gasteiger partial charge in [0, 0.05) is 0 Å². The minimum absolute atomic E-state index is 0. The molecule has 12 heavy (non-hydrogen) atoms. The van der Waals surface area contributed by atoms with Crippen LogP contribution in [0.15, 0.2) is 0 Å². The Kier molecular flexibility index (Phi) is 55.2. The van der Waals surface area contributed by atoms with Gasteiger partial charge in [0.2, 0.25) is 0 Å². The van der Waals surface area contributed by atoms with E-state index in [9.17, 15) is 0 Å². The van der Waals surface area contributed by atoms with Gasteiger partial charge in [0.05, 0.1) is 0 Å². The molecule has 0 bridgehead atoms. The maximum absolute atomic E-state index is 8.79. The number of halogens is 1. The van der Waals surface area contributed by atoms with E-state index < -0.39 is 18.7 Å². The molecule has 0 amide bonds. The summed E-state index contributed by atoms with van der Waals surface area (Å²) in [7, 11) is 5.35. The molecule has 0 aromatic heterocycles. The predicted molar refractivity (Wildman–Crippen MR) is 42.6 cm³/mol. The predicted octanol–water partition coefficient (Wildman–Crippen LogP) is -2.99. The van der Waals surface area contributed by atoms with E-state index in [0.29, 0.717) is 12.8 Å². The summed E-state index contributed by atoms with van der Waals surface area (Å²) in [6.45, 7) is 0.148. The summed E-state index contributed by atoms with van der Waals surface area (Å²) in [5.41, 5.74) is 0. The van der Waals surface area contributed by atoms with Crippen LogP contribution in [-0.2, 0) is 18.7 Å². The zero-order valence-corrected chi connectivity index (χ0v) is 9.19. The molecule has 0 aliphatic carbocycles. The average Bonchev–Trinajstić information content (AvgIpc) is 1.83. The molecule has 6 nitrogen and oxygen atoms in total. The van der Waals surface area contributed by atoms with Gasteiger partial charge in [-0.1, -0.05) is 0 Å². The van der Waals surface area contributed by atoms with Gasteiger partial charge in [-0.25, -0.2) is 0 Å². The van der Waals surface area contributed by atoms with Crippen molar-refractivity contribution in [1.29, 1.82) is 0 Å². The number of aliphatic hydroxyl groups excluding tert-OH is 2. The summed E-state index contributed by atoms with van der Waals surface area (Å²) in [6.07, 6.45) is 1.30. The summed E-state index contributed by atoms with van der Waals surface area (Å²) in [4.78, 5) is 0. The first-order chi connectivity index (χ1) is 3.81. The molecule has 0 spiro atoms. The Hall–Kier alpha value is 0.790. The Morgan fingerprint density at radius 1 is 1.17 bits per heavy atom. The monoisotopic (exact) mass is 393 g/mol. The zero-order valence-electron chi connectivity index (χ0n) is 6.27. The topological polar surface area (TPSA) is 166 Å². The van der Waals surface area contributed by atoms with Crippen molar-refractivity contribution in [3.63, 3.8) is 0 Å². The van der Waals surface area contributed by atoms with Gasteiger partial charge in [-0.2, -0.15) is 0 Å². The molecule has 10 N–H and O–H groups in total. The first kappa shape index (κ1) is 29.3. The van der Waals surface area contributed by atoms with Gasteiger partial charge in [-0.3, -0.25) is 0 Å². The van der Waals surface area contributed by atoms with Crippen molar-refractivity contribution in [1.82, 2.24) is 0 Å². The van der Waals surface area contributed by atoms with Gasteiger partial charge in [0.1, 0.15) is 0 Å². The summed E-state index contributed by atoms with van der Waals surface area (Å²) >= 11 is -0.457. The van der Waals surface area contributed by atoms with Crippen LogP contribution in [0.25, 0.3) is 0 Å². The summed E-state index contributed by atoms with van der Waals surface area (Å²) in [5.74, 6) is 0. The Morgan fingerprint density at radius 3 is 1.83 bits per heavy atom. The Balaban J connectivity index is -0.0000000408. The summed E-state index contributed by atoms with van der Waals surface area (Å²) < 4.78 is -0.344. The normalized spacial score (nSPS) is 9.58. The molecule has 0 aromatic carbocycles. The molecule has 0 fully saturated rings. The van der Waals surface area contributed by atoms with Crippen LogP contribution in [0.4, 0.5) is 0 Å². The van der Waals surface area contributed by atoms with Crippen LogP contribution in [0.3, 0.4) is 0 Å². The number of hydrogen-bond acceptors (Lipinski definition) is 2. The fourth-order valence-corrected chi connectivity index (χ4v) is 1.49. The molecule has 1 unspecified atom stereocenters. The van der Waals surface area contributed by atoms with Gasteiger partial charge in [-0.05, 0) is 0 Å². The Labute approximate surface area is 83.9 Å². The molecule has 0 aliphatic heterocycles. The molecule has 8 heteroatoms. The standard InChI is InChI=1S/C4H9O2.Au.ClH.4H2O/c5-3-1-2-4-6;;;;;;/h3,5-6H,1-2,4H2;;1H;4*1H2/q;+1;;;;;/p-1. The quantitative estimate of drug-likeness (QED) is 0.487. The van der Waals surface area contributed by atoms with E-state index in [1.165, 1.54) is 0 Å². The SMILES string of the molecule is O.O.O.O.OCCC[CH](O)[Au][Cl]. The molecule has 0 rings (SSSR count). The van der Waals surface area contributed by atoms with Crippen molar-refractivity contribution in [2.45, 2.75) is 17.2 Å². The van der Waals surface area contributed by atoms with Crippen LogP contribution in [0.2, 0.25) is 0 Å². The van der Waals surface area contributed by atoms with Crippen molar-refractivity contribution in [2.75, 3.05) is 6.61 Å². The third-order valence-corrected chi connectivity index (χ3v) is 3.07. The van der Waals surface area contributed by atoms with Crippen LogP contribution < -0.4 is 0 Å². The summed E-state index contributed by atoms with van der Waals surface area (Å²) in [5, 5.41) is 17.1. The van der Waals surface area contributed by atoms with Crippen molar-refractivity contribution in [3.8, 4) is 0 Å². The fourth-order valence-electron chi connectivity index (χ4n) is 0.277. The molecule has 0 aromatic rings. The first-order valence-electron chi connectivity index (χ1n) is 2.27. The second-order valence-corrected chi connectivity index (χ2v) is 4.31. The number of rotatable bonds is 4. The number of hydrogen-bond donors (Lipinski definition) is 2. The fraction of sp³-hybridized carbons (Fsp3) is 1.00. The Bertz CT molecular complexity index is 58.8. The molecule has 0 saturated carbocycles. The van der Waals surface area contributed by atoms with Crippen LogP contribution in [0.5, 0.6) is 0 Å². The third kappa shape index (κ3) is 22.4. The van der Waals surface area contributed by atoms with Gasteiger partial charge in [-0.15, -0.1) is 0 Å².